The number of methoxy groups -OCH3 is 2. The standard InChI is InChI=1S/C22H41B2N3O11/c1-5-7-9-32-16-13(26-27-25)21(31-4)35-12(11-34-23)15(16)36-22-19(38-24)17(33-10-8-6-2)14(28)18(37-22)20(29)30-3/h12-19,21-22,28H,5-11,23-24H2,1-4H3/t12?,13?,14-,15+,16?,17?,18?,19-,21-,22+/m0/s1. The van der Waals surface area contributed by atoms with E-state index in [2.05, 4.69) is 10.0 Å². The lowest BCUT2D eigenvalue weighted by atomic mass is 9.95. The molecule has 0 aromatic heterocycles. The Kier molecular flexibility index (Phi) is 14.9. The number of carbonyl (C=O) groups is 1. The third-order valence-electron chi connectivity index (χ3n) is 6.50. The molecule has 216 valence electrons. The van der Waals surface area contributed by atoms with Crippen LogP contribution < -0.4 is 0 Å². The van der Waals surface area contributed by atoms with E-state index in [0.29, 0.717) is 13.2 Å². The molecular formula is C22H41B2N3O11. The Bertz CT molecular complexity index is 751. The van der Waals surface area contributed by atoms with Gasteiger partial charge in [-0.1, -0.05) is 31.8 Å². The van der Waals surface area contributed by atoms with Gasteiger partial charge in [-0.25, -0.2) is 4.79 Å². The third-order valence-corrected chi connectivity index (χ3v) is 6.50. The largest absolute Gasteiger partial charge is 0.467 e. The molecule has 1 N–H and O–H groups in total. The van der Waals surface area contributed by atoms with Crippen LogP contribution in [0.4, 0.5) is 0 Å². The van der Waals surface area contributed by atoms with Gasteiger partial charge in [-0.2, -0.15) is 0 Å². The molecule has 0 aliphatic carbocycles. The summed E-state index contributed by atoms with van der Waals surface area (Å²) in [6.07, 6.45) is -6.00. The average Bonchev–Trinajstić information content (AvgIpc) is 2.92. The molecule has 14 nitrogen and oxygen atoms in total. The number of esters is 1. The Morgan fingerprint density at radius 2 is 1.66 bits per heavy atom. The summed E-state index contributed by atoms with van der Waals surface area (Å²) >= 11 is 0. The highest BCUT2D eigenvalue weighted by Gasteiger charge is 2.54. The van der Waals surface area contributed by atoms with Gasteiger partial charge in [0.05, 0.1) is 19.8 Å². The predicted molar refractivity (Wildman–Crippen MR) is 137 cm³/mol. The number of aliphatic hydroxyl groups is 1. The molecular weight excluding hydrogens is 504 g/mol. The van der Waals surface area contributed by atoms with Crippen molar-refractivity contribution in [3.05, 3.63) is 10.4 Å². The van der Waals surface area contributed by atoms with Gasteiger partial charge in [-0.05, 0) is 18.4 Å². The zero-order chi connectivity index (χ0) is 28.1. The van der Waals surface area contributed by atoms with Gasteiger partial charge in [-0.15, -0.1) is 0 Å². The summed E-state index contributed by atoms with van der Waals surface area (Å²) in [5.41, 5.74) is 9.25. The van der Waals surface area contributed by atoms with Crippen molar-refractivity contribution in [2.24, 2.45) is 5.11 Å². The molecule has 0 saturated carbocycles. The molecule has 16 heteroatoms. The summed E-state index contributed by atoms with van der Waals surface area (Å²) in [4.78, 5) is 15.5. The second-order valence-corrected chi connectivity index (χ2v) is 9.05. The van der Waals surface area contributed by atoms with Gasteiger partial charge in [0.1, 0.15) is 36.6 Å². The summed E-state index contributed by atoms with van der Waals surface area (Å²) in [6, 6.07) is -0.900. The van der Waals surface area contributed by atoms with Crippen molar-refractivity contribution in [1.29, 1.82) is 0 Å². The van der Waals surface area contributed by atoms with Crippen molar-refractivity contribution in [2.45, 2.75) is 101 Å². The predicted octanol–water partition coefficient (Wildman–Crippen LogP) is -0.451. The van der Waals surface area contributed by atoms with E-state index in [1.807, 2.05) is 13.8 Å². The maximum atomic E-state index is 12.5. The first-order valence-electron chi connectivity index (χ1n) is 13.0. The van der Waals surface area contributed by atoms with Gasteiger partial charge in [0, 0.05) is 25.2 Å². The topological polar surface area (TPSA) is 169 Å². The lowest BCUT2D eigenvalue weighted by Gasteiger charge is -2.48. The minimum atomic E-state index is -1.40. The number of ether oxygens (including phenoxy) is 7. The first-order chi connectivity index (χ1) is 18.4. The molecule has 2 heterocycles. The number of unbranched alkanes of at least 4 members (excludes halogenated alkanes) is 2. The van der Waals surface area contributed by atoms with E-state index in [4.69, 9.17) is 42.5 Å². The van der Waals surface area contributed by atoms with Crippen molar-refractivity contribution >= 4 is 22.1 Å². The van der Waals surface area contributed by atoms with E-state index < -0.39 is 67.3 Å². The molecule has 5 unspecified atom stereocenters. The van der Waals surface area contributed by atoms with E-state index in [0.717, 1.165) is 25.7 Å². The van der Waals surface area contributed by atoms with Crippen LogP contribution in [0.2, 0.25) is 0 Å². The average molecular weight is 545 g/mol. The van der Waals surface area contributed by atoms with Gasteiger partial charge in [-0.3, -0.25) is 0 Å². The maximum absolute atomic E-state index is 12.5. The van der Waals surface area contributed by atoms with Crippen molar-refractivity contribution in [1.82, 2.24) is 0 Å². The van der Waals surface area contributed by atoms with Crippen molar-refractivity contribution in [2.75, 3.05) is 34.0 Å². The number of nitrogens with zero attached hydrogens (tertiary/aromatic N) is 3. The van der Waals surface area contributed by atoms with Gasteiger partial charge in [0.25, 0.3) is 16.1 Å². The monoisotopic (exact) mass is 545 g/mol. The minimum absolute atomic E-state index is 0.0883. The highest BCUT2D eigenvalue weighted by Crippen LogP contribution is 2.34. The molecule has 10 atom stereocenters. The Balaban J connectivity index is 2.45. The molecule has 0 bridgehead atoms. The SMILES string of the molecule is BOCC1O[C@H](OC)C(N=[N+]=[N-])C(OCCCC)[C@@H]1O[C@@H]1OC(C(=O)OC)[C@@H](O)C(OCCCC)[C@@H]1OB. The molecule has 2 aliphatic rings. The van der Waals surface area contributed by atoms with Gasteiger partial charge >= 0.3 is 5.97 Å². The van der Waals surface area contributed by atoms with Crippen LogP contribution >= 0.6 is 0 Å². The van der Waals surface area contributed by atoms with E-state index in [-0.39, 0.29) is 6.61 Å². The maximum Gasteiger partial charge on any atom is 0.337 e. The first kappa shape index (κ1) is 32.8. The van der Waals surface area contributed by atoms with E-state index in [9.17, 15) is 15.4 Å². The second kappa shape index (κ2) is 17.3. The van der Waals surface area contributed by atoms with E-state index >= 15 is 0 Å². The number of azide groups is 1. The first-order valence-corrected chi connectivity index (χ1v) is 13.0. The third kappa shape index (κ3) is 8.28. The van der Waals surface area contributed by atoms with E-state index in [1.165, 1.54) is 30.3 Å². The molecule has 38 heavy (non-hydrogen) atoms. The van der Waals surface area contributed by atoms with Gasteiger partial charge < -0.3 is 47.6 Å². The summed E-state index contributed by atoms with van der Waals surface area (Å²) in [5.74, 6) is -0.791. The van der Waals surface area contributed by atoms with Gasteiger partial charge in [0.15, 0.2) is 18.7 Å². The summed E-state index contributed by atoms with van der Waals surface area (Å²) in [5, 5.41) is 14.8. The minimum Gasteiger partial charge on any atom is -0.467 e. The summed E-state index contributed by atoms with van der Waals surface area (Å²) in [6.45, 7) is 4.81. The Morgan fingerprint density at radius 3 is 2.18 bits per heavy atom. The molecule has 2 saturated heterocycles. The van der Waals surface area contributed by atoms with Crippen LogP contribution in [0.5, 0.6) is 0 Å². The molecule has 0 radical (unpaired) electrons. The number of carbonyl (C=O) groups excluding carboxylic acids is 1. The molecule has 0 aromatic carbocycles. The van der Waals surface area contributed by atoms with Crippen molar-refractivity contribution < 1.29 is 52.4 Å². The highest BCUT2D eigenvalue weighted by molar-refractivity contribution is 5.98. The van der Waals surface area contributed by atoms with Crippen LogP contribution in [-0.2, 0) is 47.3 Å². The fraction of sp³-hybridized carbons (Fsp3) is 0.955. The Labute approximate surface area is 225 Å². The lowest BCUT2D eigenvalue weighted by molar-refractivity contribution is -0.343. The normalized spacial score (nSPS) is 35.4. The summed E-state index contributed by atoms with van der Waals surface area (Å²) in [7, 11) is 5.56. The Hall–Kier alpha value is -1.45. The molecule has 2 rings (SSSR count). The van der Waals surface area contributed by atoms with Crippen LogP contribution in [0.15, 0.2) is 5.11 Å². The number of aliphatic hydroxyl groups excluding tert-OH is 1. The van der Waals surface area contributed by atoms with Crippen molar-refractivity contribution in [3.63, 3.8) is 0 Å². The molecule has 0 amide bonds. The fourth-order valence-electron chi connectivity index (χ4n) is 4.49. The van der Waals surface area contributed by atoms with Gasteiger partial charge in [0.2, 0.25) is 0 Å². The van der Waals surface area contributed by atoms with Crippen LogP contribution in [0.1, 0.15) is 39.5 Å². The number of rotatable bonds is 16. The fourth-order valence-corrected chi connectivity index (χ4v) is 4.49. The number of hydrogen-bond donors (Lipinski definition) is 1. The molecule has 0 aromatic rings. The van der Waals surface area contributed by atoms with Crippen LogP contribution in [-0.4, -0.2) is 123 Å². The Morgan fingerprint density at radius 1 is 1.00 bits per heavy atom. The number of hydrogen-bond acceptors (Lipinski definition) is 12. The quantitative estimate of drug-likeness (QED) is 0.0666. The second-order valence-electron chi connectivity index (χ2n) is 9.05. The van der Waals surface area contributed by atoms with Crippen LogP contribution in [0.3, 0.4) is 0 Å². The van der Waals surface area contributed by atoms with E-state index in [1.54, 1.807) is 0 Å². The summed E-state index contributed by atoms with van der Waals surface area (Å²) < 4.78 is 51.8. The smallest absolute Gasteiger partial charge is 0.337 e. The molecule has 2 fully saturated rings. The zero-order valence-corrected chi connectivity index (χ0v) is 23.1. The van der Waals surface area contributed by atoms with Crippen LogP contribution in [0.25, 0.3) is 10.4 Å². The lowest BCUT2D eigenvalue weighted by Crippen LogP contribution is -2.66. The van der Waals surface area contributed by atoms with Crippen LogP contribution in [0, 0.1) is 0 Å². The zero-order valence-electron chi connectivity index (χ0n) is 23.1. The highest BCUT2D eigenvalue weighted by atomic mass is 16.7. The van der Waals surface area contributed by atoms with Crippen molar-refractivity contribution in [3.8, 4) is 0 Å². The molecule has 2 aliphatic heterocycles. The molecule has 0 spiro atoms.